The summed E-state index contributed by atoms with van der Waals surface area (Å²) in [6.45, 7) is 3.29. The maximum Gasteiger partial charge on any atom is 0.303 e. The number of carbonyl (C=O) groups excluding carboxylic acids is 3. The SMILES string of the molecule is CC(=O)O[C@H]([C@H](OC(C)=O)[C@@H](F)C=O)[C@@H](C)O. The second-order valence-electron chi connectivity index (χ2n) is 3.47. The molecule has 0 aromatic heterocycles. The number of rotatable bonds is 6. The third-order valence-electron chi connectivity index (χ3n) is 1.85. The lowest BCUT2D eigenvalue weighted by atomic mass is 10.1. The molecule has 17 heavy (non-hydrogen) atoms. The summed E-state index contributed by atoms with van der Waals surface area (Å²) in [6, 6.07) is 0. The number of alkyl halides is 1. The van der Waals surface area contributed by atoms with Crippen LogP contribution in [0.5, 0.6) is 0 Å². The number of aliphatic hydroxyl groups excluding tert-OH is 1. The predicted octanol–water partition coefficient (Wildman–Crippen LogP) is -0.232. The van der Waals surface area contributed by atoms with Crippen molar-refractivity contribution in [3.63, 3.8) is 0 Å². The lowest BCUT2D eigenvalue weighted by molar-refractivity contribution is -0.180. The lowest BCUT2D eigenvalue weighted by Crippen LogP contribution is -2.47. The first-order valence-electron chi connectivity index (χ1n) is 4.91. The van der Waals surface area contributed by atoms with Gasteiger partial charge in [-0.05, 0) is 6.92 Å². The molecule has 0 bridgehead atoms. The Balaban J connectivity index is 4.98. The zero-order valence-electron chi connectivity index (χ0n) is 9.75. The van der Waals surface area contributed by atoms with E-state index in [9.17, 15) is 23.9 Å². The van der Waals surface area contributed by atoms with Crippen LogP contribution < -0.4 is 0 Å². The first-order valence-corrected chi connectivity index (χ1v) is 4.91. The molecule has 1 N–H and O–H groups in total. The van der Waals surface area contributed by atoms with E-state index in [1.54, 1.807) is 0 Å². The van der Waals surface area contributed by atoms with Crippen molar-refractivity contribution in [2.24, 2.45) is 0 Å². The topological polar surface area (TPSA) is 89.9 Å². The Bertz CT molecular complexity index is 291. The molecule has 0 heterocycles. The van der Waals surface area contributed by atoms with E-state index < -0.39 is 36.4 Å². The highest BCUT2D eigenvalue weighted by molar-refractivity contribution is 5.68. The molecule has 0 aliphatic carbocycles. The van der Waals surface area contributed by atoms with Gasteiger partial charge in [-0.2, -0.15) is 0 Å². The summed E-state index contributed by atoms with van der Waals surface area (Å²) in [5.74, 6) is -1.64. The Labute approximate surface area is 97.7 Å². The molecule has 0 amide bonds. The van der Waals surface area contributed by atoms with Gasteiger partial charge in [-0.15, -0.1) is 0 Å². The van der Waals surface area contributed by atoms with Crippen molar-refractivity contribution in [1.29, 1.82) is 0 Å². The molecule has 7 heteroatoms. The molecular weight excluding hydrogens is 235 g/mol. The standard InChI is InChI=1S/C10H15FO6/c1-5(13)9(16-6(2)14)10(8(11)4-12)17-7(3)15/h4-5,8-10,13H,1-3H3/t5-,8+,9+,10-/m1/s1. The number of hydrogen-bond donors (Lipinski definition) is 1. The molecule has 6 nitrogen and oxygen atoms in total. The van der Waals surface area contributed by atoms with Gasteiger partial charge in [0, 0.05) is 13.8 Å². The third kappa shape index (κ3) is 5.39. The van der Waals surface area contributed by atoms with E-state index >= 15 is 0 Å². The van der Waals surface area contributed by atoms with E-state index in [4.69, 9.17) is 0 Å². The van der Waals surface area contributed by atoms with Crippen LogP contribution in [-0.2, 0) is 23.9 Å². The van der Waals surface area contributed by atoms with Crippen molar-refractivity contribution in [2.75, 3.05) is 0 Å². The molecule has 4 atom stereocenters. The van der Waals surface area contributed by atoms with Gasteiger partial charge in [0.05, 0.1) is 6.10 Å². The molecule has 0 saturated heterocycles. The third-order valence-corrected chi connectivity index (χ3v) is 1.85. The van der Waals surface area contributed by atoms with Gasteiger partial charge < -0.3 is 14.6 Å². The summed E-state index contributed by atoms with van der Waals surface area (Å²) in [4.78, 5) is 31.9. The van der Waals surface area contributed by atoms with Gasteiger partial charge in [0.2, 0.25) is 0 Å². The molecule has 0 aliphatic heterocycles. The van der Waals surface area contributed by atoms with Gasteiger partial charge in [-0.25, -0.2) is 4.39 Å². The summed E-state index contributed by atoms with van der Waals surface area (Å²) < 4.78 is 22.4. The molecule has 0 radical (unpaired) electrons. The van der Waals surface area contributed by atoms with Crippen LogP contribution in [0.25, 0.3) is 0 Å². The van der Waals surface area contributed by atoms with Gasteiger partial charge >= 0.3 is 11.9 Å². The summed E-state index contributed by atoms with van der Waals surface area (Å²) in [6.07, 6.45) is -6.66. The van der Waals surface area contributed by atoms with Crippen LogP contribution in [0.4, 0.5) is 4.39 Å². The fourth-order valence-electron chi connectivity index (χ4n) is 1.21. The molecule has 0 saturated carbocycles. The number of carbonyl (C=O) groups is 3. The average Bonchev–Trinajstić information content (AvgIpc) is 2.21. The van der Waals surface area contributed by atoms with Gasteiger partial charge in [0.1, 0.15) is 0 Å². The monoisotopic (exact) mass is 250 g/mol. The first-order chi connectivity index (χ1) is 7.79. The molecule has 0 fully saturated rings. The summed E-state index contributed by atoms with van der Waals surface area (Å²) in [5.41, 5.74) is 0. The van der Waals surface area contributed by atoms with E-state index in [0.717, 1.165) is 13.8 Å². The highest BCUT2D eigenvalue weighted by Gasteiger charge is 2.37. The van der Waals surface area contributed by atoms with Crippen molar-refractivity contribution in [3.8, 4) is 0 Å². The van der Waals surface area contributed by atoms with Gasteiger partial charge in [0.15, 0.2) is 24.7 Å². The Hall–Kier alpha value is -1.50. The van der Waals surface area contributed by atoms with Crippen LogP contribution >= 0.6 is 0 Å². The van der Waals surface area contributed by atoms with Crippen LogP contribution in [0.2, 0.25) is 0 Å². The average molecular weight is 250 g/mol. The van der Waals surface area contributed by atoms with Crippen LogP contribution in [-0.4, -0.2) is 47.8 Å². The number of ether oxygens (including phenoxy) is 2. The van der Waals surface area contributed by atoms with Gasteiger partial charge in [0.25, 0.3) is 0 Å². The molecule has 0 aliphatic rings. The second kappa shape index (κ2) is 6.95. The summed E-state index contributed by atoms with van der Waals surface area (Å²) in [7, 11) is 0. The highest BCUT2D eigenvalue weighted by atomic mass is 19.1. The van der Waals surface area contributed by atoms with Crippen molar-refractivity contribution in [2.45, 2.75) is 45.3 Å². The Morgan fingerprint density at radius 3 is 1.88 bits per heavy atom. The normalized spacial score (nSPS) is 17.5. The molecule has 0 spiro atoms. The Kier molecular flexibility index (Phi) is 6.34. The molecule has 0 rings (SSSR count). The van der Waals surface area contributed by atoms with E-state index in [1.807, 2.05) is 0 Å². The number of esters is 2. The minimum absolute atomic E-state index is 0.0908. The minimum Gasteiger partial charge on any atom is -0.456 e. The quantitative estimate of drug-likeness (QED) is 0.517. The van der Waals surface area contributed by atoms with Crippen LogP contribution in [0.3, 0.4) is 0 Å². The Morgan fingerprint density at radius 1 is 1.18 bits per heavy atom. The molecule has 0 unspecified atom stereocenters. The first kappa shape index (κ1) is 15.5. The zero-order valence-corrected chi connectivity index (χ0v) is 9.75. The number of aldehydes is 1. The van der Waals surface area contributed by atoms with Crippen molar-refractivity contribution in [3.05, 3.63) is 0 Å². The van der Waals surface area contributed by atoms with E-state index in [2.05, 4.69) is 9.47 Å². The number of halogens is 1. The smallest absolute Gasteiger partial charge is 0.303 e. The van der Waals surface area contributed by atoms with E-state index in [1.165, 1.54) is 6.92 Å². The van der Waals surface area contributed by atoms with Crippen LogP contribution in [0.15, 0.2) is 0 Å². The minimum atomic E-state index is -2.18. The zero-order chi connectivity index (χ0) is 13.6. The Morgan fingerprint density at radius 2 is 1.59 bits per heavy atom. The van der Waals surface area contributed by atoms with Gasteiger partial charge in [-0.1, -0.05) is 0 Å². The summed E-state index contributed by atoms with van der Waals surface area (Å²) >= 11 is 0. The maximum atomic E-state index is 13.3. The van der Waals surface area contributed by atoms with Crippen molar-refractivity contribution < 1.29 is 33.4 Å². The number of aliphatic hydroxyl groups is 1. The largest absolute Gasteiger partial charge is 0.456 e. The van der Waals surface area contributed by atoms with E-state index in [0.29, 0.717) is 0 Å². The molecular formula is C10H15FO6. The number of hydrogen-bond acceptors (Lipinski definition) is 6. The molecule has 0 aromatic carbocycles. The molecule has 0 aromatic rings. The fraction of sp³-hybridized carbons (Fsp3) is 0.700. The predicted molar refractivity (Wildman–Crippen MR) is 53.7 cm³/mol. The molecule has 98 valence electrons. The highest BCUT2D eigenvalue weighted by Crippen LogP contribution is 2.15. The lowest BCUT2D eigenvalue weighted by Gasteiger charge is -2.28. The van der Waals surface area contributed by atoms with Gasteiger partial charge in [-0.3, -0.25) is 14.4 Å². The van der Waals surface area contributed by atoms with Crippen LogP contribution in [0, 0.1) is 0 Å². The van der Waals surface area contributed by atoms with Crippen molar-refractivity contribution in [1.82, 2.24) is 0 Å². The fourth-order valence-corrected chi connectivity index (χ4v) is 1.21. The van der Waals surface area contributed by atoms with Crippen molar-refractivity contribution >= 4 is 18.2 Å². The maximum absolute atomic E-state index is 13.3. The summed E-state index contributed by atoms with van der Waals surface area (Å²) in [5, 5.41) is 9.34. The van der Waals surface area contributed by atoms with E-state index in [-0.39, 0.29) is 6.29 Å². The van der Waals surface area contributed by atoms with Crippen LogP contribution in [0.1, 0.15) is 20.8 Å². The second-order valence-corrected chi connectivity index (χ2v) is 3.47.